The highest BCUT2D eigenvalue weighted by molar-refractivity contribution is 9.10. The number of hydrogen-bond donors (Lipinski definition) is 0. The standard InChI is InChI=1S/C16H15BrN2O2/c1-3-19-12(16(17)10(2)18-19)9-13(20)15-8-11-6-4-5-7-14(11)21-15/h4-8H,3,9H2,1-2H3. The Labute approximate surface area is 130 Å². The molecule has 0 bridgehead atoms. The molecule has 0 atom stereocenters. The first-order chi connectivity index (χ1) is 10.1. The predicted molar refractivity (Wildman–Crippen MR) is 84.6 cm³/mol. The van der Waals surface area contributed by atoms with Gasteiger partial charge >= 0.3 is 0 Å². The van der Waals surface area contributed by atoms with Gasteiger partial charge in [-0.15, -0.1) is 0 Å². The smallest absolute Gasteiger partial charge is 0.203 e. The largest absolute Gasteiger partial charge is 0.453 e. The number of furan rings is 1. The molecule has 0 aliphatic heterocycles. The Hall–Kier alpha value is -1.88. The van der Waals surface area contributed by atoms with E-state index in [0.717, 1.165) is 33.4 Å². The van der Waals surface area contributed by atoms with Gasteiger partial charge in [-0.25, -0.2) is 0 Å². The van der Waals surface area contributed by atoms with Crippen molar-refractivity contribution in [3.63, 3.8) is 0 Å². The normalized spacial score (nSPS) is 11.2. The van der Waals surface area contributed by atoms with E-state index < -0.39 is 0 Å². The van der Waals surface area contributed by atoms with Gasteiger partial charge in [0.1, 0.15) is 5.58 Å². The molecule has 0 aliphatic rings. The average molecular weight is 347 g/mol. The Balaban J connectivity index is 1.93. The van der Waals surface area contributed by atoms with E-state index in [1.807, 2.05) is 42.8 Å². The van der Waals surface area contributed by atoms with Gasteiger partial charge in [0.05, 0.1) is 22.3 Å². The number of Topliss-reactive ketones (excluding diaryl/α,β-unsaturated/α-hetero) is 1. The molecule has 0 saturated heterocycles. The van der Waals surface area contributed by atoms with Gasteiger partial charge in [-0.3, -0.25) is 9.48 Å². The molecular formula is C16H15BrN2O2. The number of nitrogens with zero attached hydrogens (tertiary/aromatic N) is 2. The molecular weight excluding hydrogens is 332 g/mol. The lowest BCUT2D eigenvalue weighted by Gasteiger charge is -2.03. The lowest BCUT2D eigenvalue weighted by atomic mass is 10.1. The van der Waals surface area contributed by atoms with Gasteiger partial charge in [0, 0.05) is 11.9 Å². The average Bonchev–Trinajstić information content (AvgIpc) is 3.03. The monoisotopic (exact) mass is 346 g/mol. The second-order valence-electron chi connectivity index (χ2n) is 4.91. The van der Waals surface area contributed by atoms with Gasteiger partial charge in [-0.2, -0.15) is 5.10 Å². The summed E-state index contributed by atoms with van der Waals surface area (Å²) in [6.45, 7) is 4.66. The van der Waals surface area contributed by atoms with Crippen molar-refractivity contribution in [1.29, 1.82) is 0 Å². The molecule has 2 aromatic heterocycles. The highest BCUT2D eigenvalue weighted by Crippen LogP contribution is 2.24. The summed E-state index contributed by atoms with van der Waals surface area (Å²) >= 11 is 3.51. The number of ketones is 1. The Morgan fingerprint density at radius 2 is 2.14 bits per heavy atom. The van der Waals surface area contributed by atoms with Gasteiger partial charge < -0.3 is 4.42 Å². The molecule has 0 radical (unpaired) electrons. The third-order valence-electron chi connectivity index (χ3n) is 3.48. The lowest BCUT2D eigenvalue weighted by molar-refractivity contribution is 0.0966. The first kappa shape index (κ1) is 14.1. The number of fused-ring (bicyclic) bond motifs is 1. The fraction of sp³-hybridized carbons (Fsp3) is 0.250. The van der Waals surface area contributed by atoms with E-state index >= 15 is 0 Å². The Bertz CT molecular complexity index is 784. The molecule has 0 unspecified atom stereocenters. The van der Waals surface area contributed by atoms with Crippen molar-refractivity contribution in [2.75, 3.05) is 0 Å². The molecule has 0 N–H and O–H groups in total. The van der Waals surface area contributed by atoms with Crippen LogP contribution in [0.1, 0.15) is 28.9 Å². The Morgan fingerprint density at radius 1 is 1.38 bits per heavy atom. The number of rotatable bonds is 4. The van der Waals surface area contributed by atoms with Crippen LogP contribution in [0, 0.1) is 6.92 Å². The molecule has 0 saturated carbocycles. The summed E-state index contributed by atoms with van der Waals surface area (Å²) < 4.78 is 8.37. The molecule has 4 nitrogen and oxygen atoms in total. The molecule has 1 aromatic carbocycles. The topological polar surface area (TPSA) is 48.0 Å². The highest BCUT2D eigenvalue weighted by atomic mass is 79.9. The minimum atomic E-state index is -0.0403. The Kier molecular flexibility index (Phi) is 3.68. The summed E-state index contributed by atoms with van der Waals surface area (Å²) in [6, 6.07) is 9.42. The number of benzene rings is 1. The quantitative estimate of drug-likeness (QED) is 0.667. The molecule has 0 spiro atoms. The summed E-state index contributed by atoms with van der Waals surface area (Å²) in [4.78, 5) is 12.5. The molecule has 0 aliphatic carbocycles. The summed E-state index contributed by atoms with van der Waals surface area (Å²) in [7, 11) is 0. The summed E-state index contributed by atoms with van der Waals surface area (Å²) in [5, 5.41) is 5.35. The molecule has 0 amide bonds. The molecule has 108 valence electrons. The third-order valence-corrected chi connectivity index (χ3v) is 4.51. The highest BCUT2D eigenvalue weighted by Gasteiger charge is 2.19. The van der Waals surface area contributed by atoms with Crippen LogP contribution in [0.3, 0.4) is 0 Å². The first-order valence-electron chi connectivity index (χ1n) is 6.83. The lowest BCUT2D eigenvalue weighted by Crippen LogP contribution is -2.09. The first-order valence-corrected chi connectivity index (χ1v) is 7.63. The SMILES string of the molecule is CCn1nc(C)c(Br)c1CC(=O)c1cc2ccccc2o1. The van der Waals surface area contributed by atoms with E-state index in [1.165, 1.54) is 0 Å². The van der Waals surface area contributed by atoms with E-state index in [9.17, 15) is 4.79 Å². The number of carbonyl (C=O) groups is 1. The van der Waals surface area contributed by atoms with Crippen LogP contribution in [0.2, 0.25) is 0 Å². The minimum Gasteiger partial charge on any atom is -0.453 e. The zero-order valence-electron chi connectivity index (χ0n) is 11.9. The van der Waals surface area contributed by atoms with E-state index in [0.29, 0.717) is 5.76 Å². The second kappa shape index (κ2) is 5.48. The van der Waals surface area contributed by atoms with Crippen LogP contribution in [-0.4, -0.2) is 15.6 Å². The number of para-hydroxylation sites is 1. The van der Waals surface area contributed by atoms with Gasteiger partial charge in [-0.1, -0.05) is 18.2 Å². The van der Waals surface area contributed by atoms with Crippen LogP contribution in [-0.2, 0) is 13.0 Å². The molecule has 21 heavy (non-hydrogen) atoms. The number of carbonyl (C=O) groups excluding carboxylic acids is 1. The second-order valence-corrected chi connectivity index (χ2v) is 5.70. The molecule has 5 heteroatoms. The van der Waals surface area contributed by atoms with Crippen molar-refractivity contribution in [3.8, 4) is 0 Å². The van der Waals surface area contributed by atoms with E-state index in [1.54, 1.807) is 6.07 Å². The zero-order valence-corrected chi connectivity index (χ0v) is 13.5. The summed E-state index contributed by atoms with van der Waals surface area (Å²) in [6.07, 6.45) is 0.273. The predicted octanol–water partition coefficient (Wildman–Crippen LogP) is 4.15. The number of aryl methyl sites for hydroxylation is 2. The summed E-state index contributed by atoms with van der Waals surface area (Å²) in [5.41, 5.74) is 2.52. The van der Waals surface area contributed by atoms with Crippen LogP contribution in [0.25, 0.3) is 11.0 Å². The van der Waals surface area contributed by atoms with Crippen LogP contribution in [0.4, 0.5) is 0 Å². The van der Waals surface area contributed by atoms with Crippen molar-refractivity contribution >= 4 is 32.7 Å². The third kappa shape index (κ3) is 2.53. The molecule has 3 aromatic rings. The van der Waals surface area contributed by atoms with Crippen LogP contribution in [0.15, 0.2) is 39.2 Å². The zero-order chi connectivity index (χ0) is 15.0. The van der Waals surface area contributed by atoms with Gasteiger partial charge in [0.25, 0.3) is 0 Å². The van der Waals surface area contributed by atoms with Gasteiger partial charge in [-0.05, 0) is 41.9 Å². The van der Waals surface area contributed by atoms with E-state index in [-0.39, 0.29) is 12.2 Å². The van der Waals surface area contributed by atoms with Crippen molar-refractivity contribution in [3.05, 3.63) is 52.0 Å². The number of halogens is 1. The molecule has 2 heterocycles. The van der Waals surface area contributed by atoms with Crippen molar-refractivity contribution in [2.45, 2.75) is 26.8 Å². The van der Waals surface area contributed by atoms with Crippen molar-refractivity contribution in [1.82, 2.24) is 9.78 Å². The minimum absolute atomic E-state index is 0.0403. The fourth-order valence-corrected chi connectivity index (χ4v) is 2.82. The van der Waals surface area contributed by atoms with Gasteiger partial charge in [0.2, 0.25) is 5.78 Å². The fourth-order valence-electron chi connectivity index (χ4n) is 2.40. The summed E-state index contributed by atoms with van der Waals surface area (Å²) in [5.74, 6) is 0.353. The van der Waals surface area contributed by atoms with Crippen LogP contribution >= 0.6 is 15.9 Å². The van der Waals surface area contributed by atoms with Crippen LogP contribution < -0.4 is 0 Å². The number of hydrogen-bond acceptors (Lipinski definition) is 3. The van der Waals surface area contributed by atoms with Crippen molar-refractivity contribution < 1.29 is 9.21 Å². The maximum atomic E-state index is 12.5. The van der Waals surface area contributed by atoms with Crippen molar-refractivity contribution in [2.24, 2.45) is 0 Å². The molecule has 0 fully saturated rings. The van der Waals surface area contributed by atoms with Crippen LogP contribution in [0.5, 0.6) is 0 Å². The van der Waals surface area contributed by atoms with E-state index in [4.69, 9.17) is 4.42 Å². The van der Waals surface area contributed by atoms with Gasteiger partial charge in [0.15, 0.2) is 5.76 Å². The number of aromatic nitrogens is 2. The maximum absolute atomic E-state index is 12.5. The molecule has 3 rings (SSSR count). The van der Waals surface area contributed by atoms with E-state index in [2.05, 4.69) is 21.0 Å². The maximum Gasteiger partial charge on any atom is 0.203 e. The Morgan fingerprint density at radius 3 is 2.86 bits per heavy atom.